The molecule has 4 aromatic rings. The highest BCUT2D eigenvalue weighted by Crippen LogP contribution is 2.23. The zero-order valence-electron chi connectivity index (χ0n) is 21.3. The van der Waals surface area contributed by atoms with E-state index in [1.54, 1.807) is 36.5 Å². The normalized spacial score (nSPS) is 12.0. The first-order valence-electron chi connectivity index (χ1n) is 12.1. The van der Waals surface area contributed by atoms with Gasteiger partial charge in [-0.25, -0.2) is 13.2 Å². The second-order valence-corrected chi connectivity index (χ2v) is 11.2. The van der Waals surface area contributed by atoms with Crippen molar-refractivity contribution in [3.8, 4) is 0 Å². The summed E-state index contributed by atoms with van der Waals surface area (Å²) in [4.78, 5) is 40.0. The third-order valence-electron chi connectivity index (χ3n) is 6.02. The van der Waals surface area contributed by atoms with Gasteiger partial charge in [-0.15, -0.1) is 0 Å². The zero-order chi connectivity index (χ0) is 29.6. The topological polar surface area (TPSA) is 158 Å². The molecule has 41 heavy (non-hydrogen) atoms. The first-order valence-corrected chi connectivity index (χ1v) is 13.9. The van der Waals surface area contributed by atoms with Crippen LogP contribution in [0.2, 0.25) is 5.02 Å². The molecule has 1 unspecified atom stereocenters. The van der Waals surface area contributed by atoms with Gasteiger partial charge < -0.3 is 15.5 Å². The van der Waals surface area contributed by atoms with E-state index in [1.165, 1.54) is 65.2 Å². The zero-order valence-corrected chi connectivity index (χ0v) is 22.9. The summed E-state index contributed by atoms with van der Waals surface area (Å²) in [5.41, 5.74) is 1.44. The van der Waals surface area contributed by atoms with Crippen LogP contribution in [0.3, 0.4) is 0 Å². The second kappa shape index (κ2) is 12.7. The van der Waals surface area contributed by atoms with Gasteiger partial charge in [0.25, 0.3) is 5.91 Å². The number of hydrogen-bond donors (Lipinski definition) is 3. The number of pyridine rings is 2. The molecule has 0 aliphatic heterocycles. The SMILES string of the molecule is O=C(NC(C(=O)O)c1cc[n+](C(=O)O)cc1)c1ccc(CN(Cc2ccccn2)S(=O)(=O)c2ccc(Cl)cc2)cc1. The molecule has 0 saturated heterocycles. The number of aromatic nitrogens is 2. The van der Waals surface area contributed by atoms with Gasteiger partial charge in [0.15, 0.2) is 18.4 Å². The highest BCUT2D eigenvalue weighted by molar-refractivity contribution is 7.89. The van der Waals surface area contributed by atoms with Crippen LogP contribution in [-0.2, 0) is 27.9 Å². The van der Waals surface area contributed by atoms with Gasteiger partial charge in [0.2, 0.25) is 10.0 Å². The maximum Gasteiger partial charge on any atom is 0.599 e. The first-order chi connectivity index (χ1) is 19.5. The molecule has 2 aromatic heterocycles. The maximum atomic E-state index is 13.5. The van der Waals surface area contributed by atoms with Gasteiger partial charge in [0.05, 0.1) is 17.1 Å². The Morgan fingerprint density at radius 3 is 2.12 bits per heavy atom. The fourth-order valence-electron chi connectivity index (χ4n) is 3.88. The van der Waals surface area contributed by atoms with Crippen LogP contribution >= 0.6 is 11.6 Å². The lowest BCUT2D eigenvalue weighted by Gasteiger charge is -2.22. The molecule has 0 fully saturated rings. The van der Waals surface area contributed by atoms with Crippen LogP contribution in [0.15, 0.2) is 102 Å². The molecule has 3 N–H and O–H groups in total. The minimum atomic E-state index is -3.95. The minimum absolute atomic E-state index is 0.00666. The predicted molar refractivity (Wildman–Crippen MR) is 146 cm³/mol. The number of amides is 1. The molecular weight excluding hydrogens is 572 g/mol. The average molecular weight is 596 g/mol. The maximum absolute atomic E-state index is 13.5. The number of aliphatic carboxylic acids is 1. The third kappa shape index (κ3) is 7.31. The number of carboxylic acids is 1. The van der Waals surface area contributed by atoms with Crippen LogP contribution in [0.5, 0.6) is 0 Å². The number of nitrogens with zero attached hydrogens (tertiary/aromatic N) is 3. The van der Waals surface area contributed by atoms with E-state index < -0.39 is 34.0 Å². The molecule has 0 saturated carbocycles. The molecular formula is C28H24ClN4O7S+. The van der Waals surface area contributed by atoms with Crippen LogP contribution in [0, 0.1) is 0 Å². The number of hydrogen-bond acceptors (Lipinski definition) is 6. The van der Waals surface area contributed by atoms with Gasteiger partial charge in [-0.3, -0.25) is 9.78 Å². The number of sulfonamides is 1. The Hall–Kier alpha value is -4.65. The molecule has 0 spiro atoms. The van der Waals surface area contributed by atoms with Crippen molar-refractivity contribution >= 4 is 39.6 Å². The van der Waals surface area contributed by atoms with Gasteiger partial charge >= 0.3 is 12.1 Å². The van der Waals surface area contributed by atoms with Crippen molar-refractivity contribution in [3.63, 3.8) is 0 Å². The van der Waals surface area contributed by atoms with Crippen LogP contribution in [0.4, 0.5) is 4.79 Å². The number of nitrogens with one attached hydrogen (secondary N) is 1. The second-order valence-electron chi connectivity index (χ2n) is 8.81. The van der Waals surface area contributed by atoms with Crippen molar-refractivity contribution in [2.45, 2.75) is 24.0 Å². The number of carbonyl (C=O) groups is 3. The molecule has 0 bridgehead atoms. The fourth-order valence-corrected chi connectivity index (χ4v) is 5.40. The fraction of sp³-hybridized carbons (Fsp3) is 0.107. The van der Waals surface area contributed by atoms with E-state index in [4.69, 9.17) is 16.7 Å². The van der Waals surface area contributed by atoms with E-state index >= 15 is 0 Å². The van der Waals surface area contributed by atoms with Crippen molar-refractivity contribution in [1.82, 2.24) is 14.6 Å². The average Bonchev–Trinajstić information content (AvgIpc) is 2.96. The molecule has 0 aliphatic carbocycles. The summed E-state index contributed by atoms with van der Waals surface area (Å²) in [5, 5.41) is 21.5. The van der Waals surface area contributed by atoms with E-state index in [0.29, 0.717) is 16.3 Å². The van der Waals surface area contributed by atoms with E-state index in [9.17, 15) is 27.9 Å². The van der Waals surface area contributed by atoms with E-state index in [2.05, 4.69) is 10.3 Å². The highest BCUT2D eigenvalue weighted by Gasteiger charge is 2.27. The lowest BCUT2D eigenvalue weighted by Crippen LogP contribution is -2.41. The Morgan fingerprint density at radius 2 is 1.56 bits per heavy atom. The van der Waals surface area contributed by atoms with Crippen molar-refractivity contribution in [2.24, 2.45) is 0 Å². The summed E-state index contributed by atoms with van der Waals surface area (Å²) in [7, 11) is -3.95. The Bertz CT molecular complexity index is 1650. The van der Waals surface area contributed by atoms with Crippen molar-refractivity contribution in [3.05, 3.63) is 125 Å². The molecule has 1 amide bonds. The van der Waals surface area contributed by atoms with E-state index in [1.807, 2.05) is 0 Å². The monoisotopic (exact) mass is 595 g/mol. The number of carboxylic acid groups (broad SMARTS) is 2. The van der Waals surface area contributed by atoms with Crippen molar-refractivity contribution in [1.29, 1.82) is 0 Å². The van der Waals surface area contributed by atoms with Gasteiger partial charge in [0.1, 0.15) is 0 Å². The number of rotatable bonds is 10. The quantitative estimate of drug-likeness (QED) is 0.235. The lowest BCUT2D eigenvalue weighted by molar-refractivity contribution is -0.584. The standard InChI is InChI=1S/C28H23ClN4O7S/c29-22-8-10-24(11-9-22)41(39,40)33(18-23-3-1-2-14-30-23)17-19-4-6-21(7-5-19)26(34)31-25(27(35)36)20-12-15-32(16-13-20)28(37)38/h1-16,25H,17-18H2,(H2-,31,34,35,36,37,38)/p+1. The summed E-state index contributed by atoms with van der Waals surface area (Å²) < 4.78 is 29.1. The lowest BCUT2D eigenvalue weighted by atomic mass is 10.1. The molecule has 2 aromatic carbocycles. The Balaban J connectivity index is 1.53. The summed E-state index contributed by atoms with van der Waals surface area (Å²) in [6, 6.07) is 18.2. The minimum Gasteiger partial charge on any atom is -0.479 e. The molecule has 210 valence electrons. The largest absolute Gasteiger partial charge is 0.599 e. The van der Waals surface area contributed by atoms with Crippen molar-refractivity contribution < 1.29 is 37.6 Å². The molecule has 1 atom stereocenters. The van der Waals surface area contributed by atoms with E-state index in [0.717, 1.165) is 4.57 Å². The number of halogens is 1. The summed E-state index contributed by atoms with van der Waals surface area (Å²) >= 11 is 5.94. The van der Waals surface area contributed by atoms with Gasteiger partial charge in [-0.2, -0.15) is 9.10 Å². The summed E-state index contributed by atoms with van der Waals surface area (Å²) in [6.07, 6.45) is 2.67. The molecule has 0 radical (unpaired) electrons. The Morgan fingerprint density at radius 1 is 0.902 bits per heavy atom. The number of carbonyl (C=O) groups excluding carboxylic acids is 1. The van der Waals surface area contributed by atoms with Gasteiger partial charge in [-0.1, -0.05) is 34.4 Å². The smallest absolute Gasteiger partial charge is 0.479 e. The van der Waals surface area contributed by atoms with Crippen LogP contribution in [0.1, 0.15) is 33.2 Å². The highest BCUT2D eigenvalue weighted by atomic mass is 35.5. The van der Waals surface area contributed by atoms with Gasteiger partial charge in [-0.05, 0) is 59.7 Å². The summed E-state index contributed by atoms with van der Waals surface area (Å²) in [6.45, 7) is -0.0396. The molecule has 2 heterocycles. The predicted octanol–water partition coefficient (Wildman–Crippen LogP) is 3.50. The van der Waals surface area contributed by atoms with Crippen molar-refractivity contribution in [2.75, 3.05) is 0 Å². The first kappa shape index (κ1) is 29.3. The molecule has 13 heteroatoms. The summed E-state index contributed by atoms with van der Waals surface area (Å²) in [5.74, 6) is -2.02. The van der Waals surface area contributed by atoms with Crippen LogP contribution in [0.25, 0.3) is 0 Å². The van der Waals surface area contributed by atoms with Gasteiger partial charge in [0, 0.05) is 35.5 Å². The Labute approximate surface area is 240 Å². The third-order valence-corrected chi connectivity index (χ3v) is 8.08. The van der Waals surface area contributed by atoms with E-state index in [-0.39, 0.29) is 29.1 Å². The molecule has 4 rings (SSSR count). The molecule has 0 aliphatic rings. The van der Waals surface area contributed by atoms with Crippen LogP contribution < -0.4 is 9.88 Å². The molecule has 11 nitrogen and oxygen atoms in total. The van der Waals surface area contributed by atoms with Crippen LogP contribution in [-0.4, -0.2) is 45.9 Å². The Kier molecular flexibility index (Phi) is 9.07. The number of benzene rings is 2.